The highest BCUT2D eigenvalue weighted by Crippen LogP contribution is 2.17. The summed E-state index contributed by atoms with van der Waals surface area (Å²) in [6.07, 6.45) is -0.0493. The van der Waals surface area contributed by atoms with Crippen LogP contribution in [0.15, 0.2) is 60.7 Å². The van der Waals surface area contributed by atoms with E-state index >= 15 is 0 Å². The molecule has 0 aliphatic carbocycles. The van der Waals surface area contributed by atoms with Gasteiger partial charge in [0.15, 0.2) is 0 Å². The standard InChI is InChI=1S/C19H22N2O3/c1-20(13-12-19(23)24)18(22)15-21(17-10-6-3-7-11-17)14-16-8-4-2-5-9-16/h2-11H,12-15H2,1H3,(H,23,24). The molecule has 5 heteroatoms. The van der Waals surface area contributed by atoms with Gasteiger partial charge in [0.25, 0.3) is 0 Å². The highest BCUT2D eigenvalue weighted by atomic mass is 16.4. The number of carbonyl (C=O) groups is 2. The first kappa shape index (κ1) is 17.5. The molecule has 0 fully saturated rings. The molecular weight excluding hydrogens is 304 g/mol. The number of benzene rings is 2. The zero-order valence-electron chi connectivity index (χ0n) is 13.8. The maximum atomic E-state index is 12.4. The first-order valence-electron chi connectivity index (χ1n) is 7.86. The number of rotatable bonds is 8. The number of nitrogens with zero attached hydrogens (tertiary/aromatic N) is 2. The van der Waals surface area contributed by atoms with Gasteiger partial charge in [-0.25, -0.2) is 0 Å². The minimum atomic E-state index is -0.904. The molecule has 126 valence electrons. The summed E-state index contributed by atoms with van der Waals surface area (Å²) >= 11 is 0. The number of carbonyl (C=O) groups excluding carboxylic acids is 1. The molecule has 0 saturated carbocycles. The van der Waals surface area contributed by atoms with Crippen molar-refractivity contribution >= 4 is 17.6 Å². The summed E-state index contributed by atoms with van der Waals surface area (Å²) < 4.78 is 0. The van der Waals surface area contributed by atoms with Crippen molar-refractivity contribution < 1.29 is 14.7 Å². The Balaban J connectivity index is 2.08. The number of hydrogen-bond acceptors (Lipinski definition) is 3. The van der Waals surface area contributed by atoms with Crippen LogP contribution >= 0.6 is 0 Å². The predicted octanol–water partition coefficient (Wildman–Crippen LogP) is 2.63. The van der Waals surface area contributed by atoms with E-state index in [0.29, 0.717) is 6.54 Å². The molecule has 0 saturated heterocycles. The van der Waals surface area contributed by atoms with Crippen molar-refractivity contribution in [3.05, 3.63) is 66.2 Å². The topological polar surface area (TPSA) is 60.9 Å². The van der Waals surface area contributed by atoms with Gasteiger partial charge >= 0.3 is 5.97 Å². The molecule has 2 aromatic carbocycles. The van der Waals surface area contributed by atoms with E-state index in [2.05, 4.69) is 0 Å². The van der Waals surface area contributed by atoms with Crippen LogP contribution in [0, 0.1) is 0 Å². The Morgan fingerprint density at radius 1 is 0.958 bits per heavy atom. The summed E-state index contributed by atoms with van der Waals surface area (Å²) in [6, 6.07) is 19.7. The first-order valence-corrected chi connectivity index (χ1v) is 7.86. The van der Waals surface area contributed by atoms with Crippen molar-refractivity contribution in [3.63, 3.8) is 0 Å². The monoisotopic (exact) mass is 326 g/mol. The van der Waals surface area contributed by atoms with Gasteiger partial charge in [-0.15, -0.1) is 0 Å². The molecule has 0 aliphatic rings. The molecule has 1 N–H and O–H groups in total. The maximum Gasteiger partial charge on any atom is 0.305 e. The Morgan fingerprint density at radius 3 is 2.12 bits per heavy atom. The van der Waals surface area contributed by atoms with Crippen LogP contribution in [-0.2, 0) is 16.1 Å². The van der Waals surface area contributed by atoms with Crippen LogP contribution in [0.4, 0.5) is 5.69 Å². The minimum absolute atomic E-state index is 0.0493. The molecule has 0 aliphatic heterocycles. The van der Waals surface area contributed by atoms with E-state index in [4.69, 9.17) is 5.11 Å². The summed E-state index contributed by atoms with van der Waals surface area (Å²) in [7, 11) is 1.64. The average Bonchev–Trinajstić information content (AvgIpc) is 2.60. The second kappa shape index (κ2) is 8.72. The smallest absolute Gasteiger partial charge is 0.305 e. The van der Waals surface area contributed by atoms with E-state index in [0.717, 1.165) is 11.3 Å². The predicted molar refractivity (Wildman–Crippen MR) is 93.8 cm³/mol. The summed E-state index contributed by atoms with van der Waals surface area (Å²) in [5.74, 6) is -1.00. The third-order valence-corrected chi connectivity index (χ3v) is 3.75. The molecule has 0 radical (unpaired) electrons. The lowest BCUT2D eigenvalue weighted by Crippen LogP contribution is -2.39. The van der Waals surface area contributed by atoms with Gasteiger partial charge in [-0.2, -0.15) is 0 Å². The highest BCUT2D eigenvalue weighted by molar-refractivity contribution is 5.81. The van der Waals surface area contributed by atoms with Crippen LogP contribution in [0.3, 0.4) is 0 Å². The molecule has 2 rings (SSSR count). The van der Waals surface area contributed by atoms with E-state index in [1.807, 2.05) is 65.6 Å². The molecule has 1 amide bonds. The number of hydrogen-bond donors (Lipinski definition) is 1. The Morgan fingerprint density at radius 2 is 1.54 bits per heavy atom. The number of para-hydroxylation sites is 1. The molecule has 0 spiro atoms. The van der Waals surface area contributed by atoms with Crippen LogP contribution in [0.1, 0.15) is 12.0 Å². The first-order chi connectivity index (χ1) is 11.6. The fraction of sp³-hybridized carbons (Fsp3) is 0.263. The van der Waals surface area contributed by atoms with Crippen molar-refractivity contribution in [2.45, 2.75) is 13.0 Å². The molecule has 0 aromatic heterocycles. The number of anilines is 1. The van der Waals surface area contributed by atoms with Gasteiger partial charge in [-0.3, -0.25) is 9.59 Å². The number of likely N-dealkylation sites (N-methyl/N-ethyl adjacent to an activating group) is 1. The molecule has 0 unspecified atom stereocenters. The van der Waals surface area contributed by atoms with E-state index < -0.39 is 5.97 Å². The molecule has 5 nitrogen and oxygen atoms in total. The second-order valence-corrected chi connectivity index (χ2v) is 5.64. The Bertz CT molecular complexity index is 659. The van der Waals surface area contributed by atoms with Crippen LogP contribution in [0.5, 0.6) is 0 Å². The van der Waals surface area contributed by atoms with Crippen molar-refractivity contribution in [1.82, 2.24) is 4.90 Å². The number of aliphatic carboxylic acids is 1. The minimum Gasteiger partial charge on any atom is -0.481 e. The lowest BCUT2D eigenvalue weighted by Gasteiger charge is -2.27. The van der Waals surface area contributed by atoms with Gasteiger partial charge in [0, 0.05) is 25.8 Å². The van der Waals surface area contributed by atoms with E-state index in [1.165, 1.54) is 4.90 Å². The SMILES string of the molecule is CN(CCC(=O)O)C(=O)CN(Cc1ccccc1)c1ccccc1. The summed E-state index contributed by atoms with van der Waals surface area (Å²) in [6.45, 7) is 1.03. The van der Waals surface area contributed by atoms with Crippen molar-refractivity contribution in [1.29, 1.82) is 0 Å². The average molecular weight is 326 g/mol. The van der Waals surface area contributed by atoms with Crippen molar-refractivity contribution in [2.24, 2.45) is 0 Å². The van der Waals surface area contributed by atoms with Crippen molar-refractivity contribution in [3.8, 4) is 0 Å². The van der Waals surface area contributed by atoms with Gasteiger partial charge < -0.3 is 14.9 Å². The Kier molecular flexibility index (Phi) is 6.37. The van der Waals surface area contributed by atoms with Gasteiger partial charge in [0.1, 0.15) is 0 Å². The molecule has 2 aromatic rings. The lowest BCUT2D eigenvalue weighted by atomic mass is 10.2. The van der Waals surface area contributed by atoms with Crippen LogP contribution in [-0.4, -0.2) is 42.0 Å². The number of amides is 1. The van der Waals surface area contributed by atoms with Crippen molar-refractivity contribution in [2.75, 3.05) is 25.0 Å². The third kappa shape index (κ3) is 5.43. The second-order valence-electron chi connectivity index (χ2n) is 5.64. The highest BCUT2D eigenvalue weighted by Gasteiger charge is 2.16. The molecule has 0 heterocycles. The molecular formula is C19H22N2O3. The fourth-order valence-corrected chi connectivity index (χ4v) is 2.35. The van der Waals surface area contributed by atoms with Crippen LogP contribution in [0.2, 0.25) is 0 Å². The number of carboxylic acid groups (broad SMARTS) is 1. The van der Waals surface area contributed by atoms with Crippen LogP contribution in [0.25, 0.3) is 0 Å². The third-order valence-electron chi connectivity index (χ3n) is 3.75. The molecule has 0 atom stereocenters. The molecule has 24 heavy (non-hydrogen) atoms. The maximum absolute atomic E-state index is 12.4. The zero-order chi connectivity index (χ0) is 17.4. The van der Waals surface area contributed by atoms with E-state index in [1.54, 1.807) is 7.05 Å². The van der Waals surface area contributed by atoms with Gasteiger partial charge in [0.2, 0.25) is 5.91 Å². The van der Waals surface area contributed by atoms with Crippen LogP contribution < -0.4 is 4.90 Å². The fourth-order valence-electron chi connectivity index (χ4n) is 2.35. The van der Waals surface area contributed by atoms with E-state index in [9.17, 15) is 9.59 Å². The summed E-state index contributed by atoms with van der Waals surface area (Å²) in [5, 5.41) is 8.75. The zero-order valence-corrected chi connectivity index (χ0v) is 13.8. The Hall–Kier alpha value is -2.82. The lowest BCUT2D eigenvalue weighted by molar-refractivity contribution is -0.138. The normalized spacial score (nSPS) is 10.2. The largest absolute Gasteiger partial charge is 0.481 e. The van der Waals surface area contributed by atoms with Gasteiger partial charge in [-0.05, 0) is 17.7 Å². The summed E-state index contributed by atoms with van der Waals surface area (Å²) in [4.78, 5) is 26.5. The molecule has 0 bridgehead atoms. The van der Waals surface area contributed by atoms with Gasteiger partial charge in [0.05, 0.1) is 13.0 Å². The summed E-state index contributed by atoms with van der Waals surface area (Å²) in [5.41, 5.74) is 2.07. The number of carboxylic acids is 1. The quantitative estimate of drug-likeness (QED) is 0.810. The Labute approximate surface area is 142 Å². The van der Waals surface area contributed by atoms with Gasteiger partial charge in [-0.1, -0.05) is 48.5 Å². The van der Waals surface area contributed by atoms with E-state index in [-0.39, 0.29) is 25.4 Å².